The van der Waals surface area contributed by atoms with E-state index in [1.54, 1.807) is 24.1 Å². The molecule has 7 heteroatoms. The van der Waals surface area contributed by atoms with Crippen LogP contribution >= 0.6 is 0 Å². The molecule has 1 N–H and O–H groups in total. The number of carbonyl (C=O) groups excluding carboxylic acids is 2. The predicted octanol–water partition coefficient (Wildman–Crippen LogP) is 3.23. The van der Waals surface area contributed by atoms with Crippen LogP contribution in [0.15, 0.2) is 42.5 Å². The molecule has 2 aromatic carbocycles. The van der Waals surface area contributed by atoms with Gasteiger partial charge in [0.1, 0.15) is 0 Å². The van der Waals surface area contributed by atoms with Crippen LogP contribution in [0.1, 0.15) is 36.0 Å². The maximum Gasteiger partial charge on any atom is 0.251 e. The van der Waals surface area contributed by atoms with Gasteiger partial charge in [-0.05, 0) is 48.2 Å². The Bertz CT molecular complexity index is 922. The van der Waals surface area contributed by atoms with Crippen molar-refractivity contribution in [2.75, 3.05) is 33.4 Å². The third-order valence-corrected chi connectivity index (χ3v) is 5.63. The molecule has 164 valence electrons. The minimum Gasteiger partial charge on any atom is -0.493 e. The van der Waals surface area contributed by atoms with E-state index in [1.807, 2.05) is 30.3 Å². The van der Waals surface area contributed by atoms with Gasteiger partial charge in [-0.15, -0.1) is 0 Å². The van der Waals surface area contributed by atoms with Crippen molar-refractivity contribution >= 4 is 11.8 Å². The molecule has 2 aromatic rings. The predicted molar refractivity (Wildman–Crippen MR) is 116 cm³/mol. The molecule has 2 saturated heterocycles. The second-order valence-electron chi connectivity index (χ2n) is 7.74. The lowest BCUT2D eigenvalue weighted by Crippen LogP contribution is -2.35. The third kappa shape index (κ3) is 5.17. The molecule has 31 heavy (non-hydrogen) atoms. The molecule has 2 heterocycles. The Balaban J connectivity index is 1.38. The second kappa shape index (κ2) is 9.83. The first-order valence-corrected chi connectivity index (χ1v) is 10.8. The first-order chi connectivity index (χ1) is 15.1. The molecule has 0 radical (unpaired) electrons. The summed E-state index contributed by atoms with van der Waals surface area (Å²) in [6.45, 7) is 2.51. The number of benzene rings is 2. The number of amides is 2. The first kappa shape index (κ1) is 21.2. The molecule has 2 aliphatic heterocycles. The molecule has 1 atom stereocenters. The molecule has 2 aliphatic rings. The fourth-order valence-corrected chi connectivity index (χ4v) is 3.89. The van der Waals surface area contributed by atoms with E-state index < -0.39 is 0 Å². The largest absolute Gasteiger partial charge is 0.493 e. The zero-order chi connectivity index (χ0) is 21.6. The third-order valence-electron chi connectivity index (χ3n) is 5.63. The number of likely N-dealkylation sites (tertiary alicyclic amines) is 1. The van der Waals surface area contributed by atoms with E-state index >= 15 is 0 Å². The van der Waals surface area contributed by atoms with Gasteiger partial charge in [-0.3, -0.25) is 9.59 Å². The Labute approximate surface area is 182 Å². The lowest BCUT2D eigenvalue weighted by Gasteiger charge is -2.17. The van der Waals surface area contributed by atoms with Crippen molar-refractivity contribution in [1.29, 1.82) is 0 Å². The number of nitrogens with one attached hydrogen (secondary N) is 1. The highest BCUT2D eigenvalue weighted by molar-refractivity contribution is 5.94. The number of hydrogen-bond donors (Lipinski definition) is 1. The molecule has 2 amide bonds. The summed E-state index contributed by atoms with van der Waals surface area (Å²) in [4.78, 5) is 25.9. The Morgan fingerprint density at radius 2 is 1.94 bits per heavy atom. The number of nitrogens with zero attached hydrogens (tertiary/aromatic N) is 1. The molecule has 2 fully saturated rings. The van der Waals surface area contributed by atoms with E-state index in [4.69, 9.17) is 14.2 Å². The maximum atomic E-state index is 12.4. The van der Waals surface area contributed by atoms with E-state index in [0.29, 0.717) is 43.2 Å². The normalized spacial score (nSPS) is 18.3. The number of ether oxygens (including phenoxy) is 3. The molecular weight excluding hydrogens is 396 g/mol. The molecule has 0 aromatic heterocycles. The number of hydrogen-bond acceptors (Lipinski definition) is 5. The summed E-state index contributed by atoms with van der Waals surface area (Å²) >= 11 is 0. The molecule has 7 nitrogen and oxygen atoms in total. The van der Waals surface area contributed by atoms with Crippen LogP contribution in [0.5, 0.6) is 11.5 Å². The van der Waals surface area contributed by atoms with Gasteiger partial charge in [0, 0.05) is 38.0 Å². The Morgan fingerprint density at radius 1 is 1.13 bits per heavy atom. The highest BCUT2D eigenvalue weighted by atomic mass is 16.7. The minimum absolute atomic E-state index is 0.143. The topological polar surface area (TPSA) is 77.1 Å². The van der Waals surface area contributed by atoms with Crippen LogP contribution in [0, 0.1) is 0 Å². The molecule has 0 aliphatic carbocycles. The molecule has 0 saturated carbocycles. The van der Waals surface area contributed by atoms with Crippen LogP contribution in [-0.4, -0.2) is 56.4 Å². The Kier molecular flexibility index (Phi) is 6.72. The molecule has 4 rings (SSSR count). The summed E-state index contributed by atoms with van der Waals surface area (Å²) in [5.41, 5.74) is 2.52. The maximum absolute atomic E-state index is 12.4. The van der Waals surface area contributed by atoms with Crippen LogP contribution < -0.4 is 14.8 Å². The van der Waals surface area contributed by atoms with Crippen LogP contribution in [0.2, 0.25) is 0 Å². The van der Waals surface area contributed by atoms with Crippen molar-refractivity contribution in [2.24, 2.45) is 0 Å². The highest BCUT2D eigenvalue weighted by Gasteiger charge is 2.20. The number of methoxy groups -OCH3 is 1. The number of rotatable bonds is 8. The zero-order valence-electron chi connectivity index (χ0n) is 17.8. The van der Waals surface area contributed by atoms with Crippen molar-refractivity contribution in [1.82, 2.24) is 10.2 Å². The summed E-state index contributed by atoms with van der Waals surface area (Å²) in [6.07, 6.45) is 3.13. The fraction of sp³-hybridized carbons (Fsp3) is 0.417. The van der Waals surface area contributed by atoms with Gasteiger partial charge in [-0.1, -0.05) is 18.2 Å². The first-order valence-electron chi connectivity index (χ1n) is 10.8. The highest BCUT2D eigenvalue weighted by Crippen LogP contribution is 2.34. The second-order valence-corrected chi connectivity index (χ2v) is 7.74. The average Bonchev–Trinajstić information content (AvgIpc) is 3.45. The van der Waals surface area contributed by atoms with Gasteiger partial charge >= 0.3 is 0 Å². The lowest BCUT2D eigenvalue weighted by molar-refractivity contribution is -0.127. The number of carbonyl (C=O) groups is 2. The summed E-state index contributed by atoms with van der Waals surface area (Å²) in [5, 5.41) is 2.89. The average molecular weight is 424 g/mol. The minimum atomic E-state index is -0.244. The SMILES string of the molecule is COc1ccc(-c2ccc(C(=O)NCCN3CCCC3=O)cc2)cc1OC1CCCO1. The van der Waals surface area contributed by atoms with Crippen LogP contribution in [0.3, 0.4) is 0 Å². The lowest BCUT2D eigenvalue weighted by atomic mass is 10.0. The van der Waals surface area contributed by atoms with E-state index in [1.165, 1.54) is 0 Å². The molecular formula is C24H28N2O5. The van der Waals surface area contributed by atoms with Crippen molar-refractivity contribution in [2.45, 2.75) is 32.0 Å². The summed E-state index contributed by atoms with van der Waals surface area (Å²) in [7, 11) is 1.62. The standard InChI is InChI=1S/C24H28N2O5/c1-29-20-11-10-19(16-21(20)31-23-5-3-15-30-23)17-6-8-18(9-7-17)24(28)25-12-14-26-13-2-4-22(26)27/h6-11,16,23H,2-5,12-15H2,1H3,(H,25,28). The van der Waals surface area contributed by atoms with E-state index in [-0.39, 0.29) is 18.1 Å². The molecule has 0 spiro atoms. The Hall–Kier alpha value is -3.06. The van der Waals surface area contributed by atoms with Crippen molar-refractivity contribution < 1.29 is 23.8 Å². The van der Waals surface area contributed by atoms with Gasteiger partial charge in [0.15, 0.2) is 17.8 Å². The summed E-state index contributed by atoms with van der Waals surface area (Å²) < 4.78 is 17.0. The van der Waals surface area contributed by atoms with Gasteiger partial charge in [0.25, 0.3) is 5.91 Å². The van der Waals surface area contributed by atoms with Crippen LogP contribution in [0.25, 0.3) is 11.1 Å². The van der Waals surface area contributed by atoms with Crippen LogP contribution in [0.4, 0.5) is 0 Å². The quantitative estimate of drug-likeness (QED) is 0.704. The Morgan fingerprint density at radius 3 is 2.61 bits per heavy atom. The van der Waals surface area contributed by atoms with Crippen molar-refractivity contribution in [3.8, 4) is 22.6 Å². The van der Waals surface area contributed by atoms with Crippen molar-refractivity contribution in [3.05, 3.63) is 48.0 Å². The summed E-state index contributed by atoms with van der Waals surface area (Å²) in [5.74, 6) is 1.33. The van der Waals surface area contributed by atoms with Gasteiger partial charge in [-0.25, -0.2) is 0 Å². The molecule has 1 unspecified atom stereocenters. The van der Waals surface area contributed by atoms with Gasteiger partial charge in [-0.2, -0.15) is 0 Å². The van der Waals surface area contributed by atoms with Crippen LogP contribution in [-0.2, 0) is 9.53 Å². The molecule has 0 bridgehead atoms. The summed E-state index contributed by atoms with van der Waals surface area (Å²) in [6, 6.07) is 13.2. The zero-order valence-corrected chi connectivity index (χ0v) is 17.8. The van der Waals surface area contributed by atoms with Gasteiger partial charge < -0.3 is 24.4 Å². The van der Waals surface area contributed by atoms with E-state index in [0.717, 1.165) is 36.9 Å². The van der Waals surface area contributed by atoms with Gasteiger partial charge in [0.05, 0.1) is 13.7 Å². The monoisotopic (exact) mass is 424 g/mol. The van der Waals surface area contributed by atoms with E-state index in [9.17, 15) is 9.59 Å². The van der Waals surface area contributed by atoms with Crippen molar-refractivity contribution in [3.63, 3.8) is 0 Å². The van der Waals surface area contributed by atoms with Gasteiger partial charge in [0.2, 0.25) is 5.91 Å². The van der Waals surface area contributed by atoms with E-state index in [2.05, 4.69) is 5.32 Å². The fourth-order valence-electron chi connectivity index (χ4n) is 3.89. The smallest absolute Gasteiger partial charge is 0.251 e.